The maximum Gasteiger partial charge on any atom is 0.258 e. The SMILES string of the molecule is Cl.NCc1cccc(Oc2cc(Cl)ccc2N(CCCC(=O)NCc2ccccc2F)C(=O)c2ccc3c(c2)C(=O)c2ccccc2-3)c1. The van der Waals surface area contributed by atoms with Crippen LogP contribution in [0.5, 0.6) is 11.5 Å². The van der Waals surface area contributed by atoms with Crippen molar-refractivity contribution in [1.82, 2.24) is 5.32 Å². The zero-order valence-electron chi connectivity index (χ0n) is 25.7. The molecule has 244 valence electrons. The van der Waals surface area contributed by atoms with Crippen molar-refractivity contribution in [3.63, 3.8) is 0 Å². The molecule has 0 aliphatic heterocycles. The Balaban J connectivity index is 0.00000451. The van der Waals surface area contributed by atoms with E-state index in [2.05, 4.69) is 5.32 Å². The molecule has 0 radical (unpaired) electrons. The van der Waals surface area contributed by atoms with E-state index in [0.717, 1.165) is 16.7 Å². The van der Waals surface area contributed by atoms with Crippen molar-refractivity contribution in [3.8, 4) is 22.6 Å². The number of hydrogen-bond acceptors (Lipinski definition) is 5. The number of ether oxygens (including phenoxy) is 1. The molecule has 1 aliphatic rings. The van der Waals surface area contributed by atoms with Crippen LogP contribution >= 0.6 is 24.0 Å². The van der Waals surface area contributed by atoms with E-state index in [-0.39, 0.29) is 55.9 Å². The Bertz CT molecular complexity index is 2000. The molecular weight excluding hydrogens is 652 g/mol. The van der Waals surface area contributed by atoms with E-state index < -0.39 is 5.82 Å². The summed E-state index contributed by atoms with van der Waals surface area (Å²) in [6.07, 6.45) is 0.368. The van der Waals surface area contributed by atoms with Crippen molar-refractivity contribution in [1.29, 1.82) is 0 Å². The molecule has 0 saturated carbocycles. The molecule has 7 nitrogen and oxygen atoms in total. The minimum Gasteiger partial charge on any atom is -0.455 e. The highest BCUT2D eigenvalue weighted by Crippen LogP contribution is 2.39. The van der Waals surface area contributed by atoms with Gasteiger partial charge < -0.3 is 20.7 Å². The van der Waals surface area contributed by atoms with Gasteiger partial charge in [0, 0.05) is 59.4 Å². The Morgan fingerprint density at radius 2 is 1.58 bits per heavy atom. The Labute approximate surface area is 288 Å². The summed E-state index contributed by atoms with van der Waals surface area (Å²) in [5, 5.41) is 3.15. The third-order valence-electron chi connectivity index (χ3n) is 8.01. The van der Waals surface area contributed by atoms with Gasteiger partial charge in [0.1, 0.15) is 11.6 Å². The standard InChI is InChI=1S/C38H31ClFN3O4.ClH/c39-27-15-17-34(35(21-27)47-28-9-5-7-24(19-28)22-41)43(18-6-13-36(44)42-23-26-8-1-4-12-33(26)40)38(46)25-14-16-30-29-10-2-3-11-31(29)37(45)32(30)20-25;/h1-5,7-12,14-17,19-21H,6,13,18,22-23,41H2,(H,42,44);1H. The molecule has 5 aromatic carbocycles. The van der Waals surface area contributed by atoms with E-state index in [1.807, 2.05) is 30.3 Å². The number of nitrogens with two attached hydrogens (primary N) is 1. The molecule has 0 bridgehead atoms. The lowest BCUT2D eigenvalue weighted by Gasteiger charge is -2.26. The van der Waals surface area contributed by atoms with Gasteiger partial charge in [0.2, 0.25) is 5.91 Å². The van der Waals surface area contributed by atoms with Crippen molar-refractivity contribution >= 4 is 47.3 Å². The van der Waals surface area contributed by atoms with Gasteiger partial charge in [0.25, 0.3) is 5.91 Å². The molecule has 0 saturated heterocycles. The number of amides is 2. The van der Waals surface area contributed by atoms with Crippen LogP contribution in [0.3, 0.4) is 0 Å². The molecule has 48 heavy (non-hydrogen) atoms. The van der Waals surface area contributed by atoms with Gasteiger partial charge in [-0.15, -0.1) is 12.4 Å². The van der Waals surface area contributed by atoms with Crippen LogP contribution in [0.2, 0.25) is 5.02 Å². The Morgan fingerprint density at radius 1 is 0.833 bits per heavy atom. The first-order valence-corrected chi connectivity index (χ1v) is 15.6. The molecule has 2 amide bonds. The maximum absolute atomic E-state index is 14.3. The highest BCUT2D eigenvalue weighted by atomic mass is 35.5. The lowest BCUT2D eigenvalue weighted by Crippen LogP contribution is -2.33. The molecule has 0 aromatic heterocycles. The van der Waals surface area contributed by atoms with E-state index in [0.29, 0.717) is 51.0 Å². The summed E-state index contributed by atoms with van der Waals surface area (Å²) >= 11 is 6.39. The van der Waals surface area contributed by atoms with E-state index in [9.17, 15) is 18.8 Å². The van der Waals surface area contributed by atoms with Gasteiger partial charge in [0.05, 0.1) is 5.69 Å². The second kappa shape index (κ2) is 15.3. The van der Waals surface area contributed by atoms with Crippen LogP contribution in [0.4, 0.5) is 10.1 Å². The first-order chi connectivity index (χ1) is 22.8. The quantitative estimate of drug-likeness (QED) is 0.144. The van der Waals surface area contributed by atoms with Crippen molar-refractivity contribution in [2.24, 2.45) is 5.73 Å². The monoisotopic (exact) mass is 683 g/mol. The van der Waals surface area contributed by atoms with Crippen molar-refractivity contribution in [2.45, 2.75) is 25.9 Å². The van der Waals surface area contributed by atoms with Crippen molar-refractivity contribution in [3.05, 3.63) is 148 Å². The molecule has 0 fully saturated rings. The van der Waals surface area contributed by atoms with Gasteiger partial charge in [0.15, 0.2) is 11.5 Å². The minimum atomic E-state index is -0.396. The fourth-order valence-electron chi connectivity index (χ4n) is 5.63. The van der Waals surface area contributed by atoms with Crippen LogP contribution in [0, 0.1) is 5.82 Å². The van der Waals surface area contributed by atoms with Gasteiger partial charge in [-0.3, -0.25) is 14.4 Å². The molecule has 0 unspecified atom stereocenters. The van der Waals surface area contributed by atoms with Crippen LogP contribution in [0.25, 0.3) is 11.1 Å². The average Bonchev–Trinajstić information content (AvgIpc) is 3.37. The number of halogens is 3. The summed E-state index contributed by atoms with van der Waals surface area (Å²) in [4.78, 5) is 41.8. The Hall–Kier alpha value is -5.02. The number of nitrogens with one attached hydrogen (secondary N) is 1. The predicted molar refractivity (Wildman–Crippen MR) is 188 cm³/mol. The van der Waals surface area contributed by atoms with Crippen LogP contribution in [0.15, 0.2) is 109 Å². The van der Waals surface area contributed by atoms with E-state index in [1.165, 1.54) is 11.0 Å². The summed E-state index contributed by atoms with van der Waals surface area (Å²) in [5.41, 5.74) is 10.5. The normalized spacial score (nSPS) is 11.3. The highest BCUT2D eigenvalue weighted by molar-refractivity contribution is 6.31. The topological polar surface area (TPSA) is 102 Å². The molecule has 0 heterocycles. The fourth-order valence-corrected chi connectivity index (χ4v) is 5.79. The van der Waals surface area contributed by atoms with Crippen molar-refractivity contribution < 1.29 is 23.5 Å². The largest absolute Gasteiger partial charge is 0.455 e. The summed E-state index contributed by atoms with van der Waals surface area (Å²) < 4.78 is 20.3. The molecule has 5 aromatic rings. The minimum absolute atomic E-state index is 0. The molecule has 10 heteroatoms. The van der Waals surface area contributed by atoms with Gasteiger partial charge in [-0.1, -0.05) is 72.3 Å². The maximum atomic E-state index is 14.3. The highest BCUT2D eigenvalue weighted by Gasteiger charge is 2.29. The first-order valence-electron chi connectivity index (χ1n) is 15.2. The first kappa shape index (κ1) is 34.3. The Morgan fingerprint density at radius 3 is 2.38 bits per heavy atom. The van der Waals surface area contributed by atoms with Crippen LogP contribution in [-0.2, 0) is 17.9 Å². The molecule has 6 rings (SSSR count). The van der Waals surface area contributed by atoms with Crippen LogP contribution in [-0.4, -0.2) is 24.1 Å². The molecule has 1 aliphatic carbocycles. The average molecular weight is 685 g/mol. The number of fused-ring (bicyclic) bond motifs is 3. The number of ketones is 1. The lowest BCUT2D eigenvalue weighted by atomic mass is 10.0. The molecular formula is C38H32Cl2FN3O4. The lowest BCUT2D eigenvalue weighted by molar-refractivity contribution is -0.121. The number of rotatable bonds is 11. The zero-order valence-corrected chi connectivity index (χ0v) is 27.3. The van der Waals surface area contributed by atoms with Gasteiger partial charge in [-0.25, -0.2) is 4.39 Å². The number of carbonyl (C=O) groups is 3. The number of carbonyl (C=O) groups excluding carboxylic acids is 3. The summed E-state index contributed by atoms with van der Waals surface area (Å²) in [5.74, 6) is -0.365. The predicted octanol–water partition coefficient (Wildman–Crippen LogP) is 8.11. The van der Waals surface area contributed by atoms with Crippen LogP contribution < -0.4 is 20.7 Å². The van der Waals surface area contributed by atoms with Crippen LogP contribution in [0.1, 0.15) is 50.2 Å². The second-order valence-electron chi connectivity index (χ2n) is 11.1. The molecule has 3 N–H and O–H groups in total. The van der Waals surface area contributed by atoms with Gasteiger partial charge in [-0.05, 0) is 65.6 Å². The van der Waals surface area contributed by atoms with E-state index in [1.54, 1.807) is 72.8 Å². The zero-order chi connectivity index (χ0) is 32.9. The third kappa shape index (κ3) is 7.42. The third-order valence-corrected chi connectivity index (χ3v) is 8.25. The molecule has 0 atom stereocenters. The second-order valence-corrected chi connectivity index (χ2v) is 11.6. The summed E-state index contributed by atoms with van der Waals surface area (Å²) in [6.45, 7) is 0.513. The van der Waals surface area contributed by atoms with E-state index >= 15 is 0 Å². The number of anilines is 1. The van der Waals surface area contributed by atoms with Gasteiger partial charge >= 0.3 is 0 Å². The Kier molecular flexibility index (Phi) is 10.9. The van der Waals surface area contributed by atoms with Gasteiger partial charge in [-0.2, -0.15) is 0 Å². The number of hydrogen-bond donors (Lipinski definition) is 2. The number of nitrogens with zero attached hydrogens (tertiary/aromatic N) is 1. The molecule has 0 spiro atoms. The summed E-state index contributed by atoms with van der Waals surface area (Å²) in [6, 6.07) is 31.0. The summed E-state index contributed by atoms with van der Waals surface area (Å²) in [7, 11) is 0. The smallest absolute Gasteiger partial charge is 0.258 e. The van der Waals surface area contributed by atoms with E-state index in [4.69, 9.17) is 22.1 Å². The number of benzene rings is 5. The van der Waals surface area contributed by atoms with Crippen molar-refractivity contribution in [2.75, 3.05) is 11.4 Å². The fraction of sp³-hybridized carbons (Fsp3) is 0.132.